The Morgan fingerprint density at radius 1 is 1.06 bits per heavy atom. The van der Waals surface area contributed by atoms with E-state index in [1.807, 2.05) is 0 Å². The summed E-state index contributed by atoms with van der Waals surface area (Å²) in [4.78, 5) is 29.4. The minimum absolute atomic E-state index is 0.00440. The number of phenolic OH excluding ortho intramolecular Hbond substituents is 1. The van der Waals surface area contributed by atoms with Gasteiger partial charge in [-0.15, -0.1) is 0 Å². The largest absolute Gasteiger partial charge is 0.508 e. The maximum absolute atomic E-state index is 13.2. The van der Waals surface area contributed by atoms with Gasteiger partial charge in [0.1, 0.15) is 11.6 Å². The number of hydrogen-bond donors (Lipinski definition) is 2. The number of benzene rings is 2. The van der Waals surface area contributed by atoms with Crippen molar-refractivity contribution in [3.8, 4) is 5.75 Å². The van der Waals surface area contributed by atoms with E-state index in [2.05, 4.69) is 10.3 Å². The topological polar surface area (TPSA) is 84.2 Å². The molecule has 0 radical (unpaired) electrons. The first-order valence-electron chi connectivity index (χ1n) is 9.04. The molecule has 0 aliphatic rings. The highest BCUT2D eigenvalue weighted by Crippen LogP contribution is 2.30. The molecule has 0 saturated carbocycles. The molecule has 0 aliphatic heterocycles. The van der Waals surface area contributed by atoms with Gasteiger partial charge in [-0.25, -0.2) is 4.39 Å². The molecule has 6 nitrogen and oxygen atoms in total. The number of rotatable bonds is 5. The standard InChI is InChI=1S/C22H14Cl2FN3O3/c23-17-8-26-9-18(24)20(17)27-22(31)21(30)16-11-28(10-12-1-3-13(25)4-2-12)19-7-14(29)5-6-15(16)19/h1-9,11,29H,10H2,(H,26,27,31). The average molecular weight is 458 g/mol. The van der Waals surface area contributed by atoms with E-state index in [4.69, 9.17) is 23.2 Å². The van der Waals surface area contributed by atoms with E-state index < -0.39 is 11.7 Å². The molecule has 1 amide bonds. The lowest BCUT2D eigenvalue weighted by Gasteiger charge is -2.07. The lowest BCUT2D eigenvalue weighted by molar-refractivity contribution is -0.112. The fourth-order valence-electron chi connectivity index (χ4n) is 3.20. The van der Waals surface area contributed by atoms with Gasteiger partial charge in [0.25, 0.3) is 11.7 Å². The van der Waals surface area contributed by atoms with Crippen LogP contribution in [0.25, 0.3) is 10.9 Å². The van der Waals surface area contributed by atoms with Gasteiger partial charge in [-0.05, 0) is 29.8 Å². The lowest BCUT2D eigenvalue weighted by Crippen LogP contribution is -2.23. The van der Waals surface area contributed by atoms with Crippen LogP contribution < -0.4 is 5.32 Å². The Balaban J connectivity index is 1.70. The summed E-state index contributed by atoms with van der Waals surface area (Å²) in [6.07, 6.45) is 4.11. The van der Waals surface area contributed by atoms with Crippen LogP contribution in [0.15, 0.2) is 61.1 Å². The van der Waals surface area contributed by atoms with E-state index in [-0.39, 0.29) is 32.9 Å². The third kappa shape index (κ3) is 4.23. The number of pyridine rings is 1. The summed E-state index contributed by atoms with van der Waals surface area (Å²) < 4.78 is 14.9. The van der Waals surface area contributed by atoms with Gasteiger partial charge in [0.05, 0.1) is 26.8 Å². The Morgan fingerprint density at radius 3 is 2.42 bits per heavy atom. The van der Waals surface area contributed by atoms with Crippen molar-refractivity contribution in [2.75, 3.05) is 5.32 Å². The molecule has 2 N–H and O–H groups in total. The van der Waals surface area contributed by atoms with Crippen molar-refractivity contribution in [2.45, 2.75) is 6.54 Å². The van der Waals surface area contributed by atoms with Crippen molar-refractivity contribution in [2.24, 2.45) is 0 Å². The number of Topliss-reactive ketones (excluding diaryl/α,β-unsaturated/α-hetero) is 1. The summed E-state index contributed by atoms with van der Waals surface area (Å²) in [6, 6.07) is 10.4. The van der Waals surface area contributed by atoms with Crippen LogP contribution in [0.5, 0.6) is 5.75 Å². The van der Waals surface area contributed by atoms with Crippen LogP contribution in [0.4, 0.5) is 10.1 Å². The van der Waals surface area contributed by atoms with E-state index >= 15 is 0 Å². The molecule has 2 aromatic heterocycles. The van der Waals surface area contributed by atoms with Crippen LogP contribution in [-0.4, -0.2) is 26.3 Å². The van der Waals surface area contributed by atoms with Gasteiger partial charge >= 0.3 is 0 Å². The fraction of sp³-hybridized carbons (Fsp3) is 0.0455. The van der Waals surface area contributed by atoms with Crippen molar-refractivity contribution in [1.29, 1.82) is 0 Å². The molecule has 31 heavy (non-hydrogen) atoms. The molecule has 0 spiro atoms. The van der Waals surface area contributed by atoms with Crippen molar-refractivity contribution in [3.63, 3.8) is 0 Å². The number of nitrogens with zero attached hydrogens (tertiary/aromatic N) is 2. The zero-order valence-electron chi connectivity index (χ0n) is 15.8. The lowest BCUT2D eigenvalue weighted by atomic mass is 10.1. The third-order valence-electron chi connectivity index (χ3n) is 4.67. The Bertz CT molecular complexity index is 1300. The Hall–Kier alpha value is -3.42. The van der Waals surface area contributed by atoms with Crippen molar-refractivity contribution in [1.82, 2.24) is 9.55 Å². The Morgan fingerprint density at radius 2 is 1.74 bits per heavy atom. The van der Waals surface area contributed by atoms with Gasteiger partial charge in [-0.2, -0.15) is 0 Å². The molecule has 0 bridgehead atoms. The smallest absolute Gasteiger partial charge is 0.296 e. The van der Waals surface area contributed by atoms with Crippen LogP contribution in [0.2, 0.25) is 10.0 Å². The minimum Gasteiger partial charge on any atom is -0.508 e. The molecule has 0 aliphatic carbocycles. The summed E-state index contributed by atoms with van der Waals surface area (Å²) in [6.45, 7) is 0.303. The number of nitrogens with one attached hydrogen (secondary N) is 1. The zero-order chi connectivity index (χ0) is 22.1. The number of ketones is 1. The maximum Gasteiger partial charge on any atom is 0.296 e. The van der Waals surface area contributed by atoms with E-state index in [0.29, 0.717) is 17.4 Å². The number of aromatic hydroxyl groups is 1. The van der Waals surface area contributed by atoms with Gasteiger partial charge in [-0.1, -0.05) is 35.3 Å². The van der Waals surface area contributed by atoms with Crippen molar-refractivity contribution in [3.05, 3.63) is 88.0 Å². The molecule has 2 heterocycles. The SMILES string of the molecule is O=C(Nc1c(Cl)cncc1Cl)C(=O)c1cn(Cc2ccc(F)cc2)c2cc(O)ccc12. The number of anilines is 1. The molecule has 2 aromatic carbocycles. The molecule has 0 saturated heterocycles. The molecule has 0 unspecified atom stereocenters. The monoisotopic (exact) mass is 457 g/mol. The highest BCUT2D eigenvalue weighted by atomic mass is 35.5. The van der Waals surface area contributed by atoms with Crippen LogP contribution in [-0.2, 0) is 11.3 Å². The molecular weight excluding hydrogens is 444 g/mol. The van der Waals surface area contributed by atoms with Gasteiger partial charge < -0.3 is 15.0 Å². The summed E-state index contributed by atoms with van der Waals surface area (Å²) in [7, 11) is 0. The summed E-state index contributed by atoms with van der Waals surface area (Å²) in [5.41, 5.74) is 1.54. The highest BCUT2D eigenvalue weighted by molar-refractivity contribution is 6.50. The Kier molecular flexibility index (Phi) is 5.63. The number of hydrogen-bond acceptors (Lipinski definition) is 4. The number of fused-ring (bicyclic) bond motifs is 1. The second kappa shape index (κ2) is 8.37. The first kappa shape index (κ1) is 20.8. The molecule has 4 aromatic rings. The summed E-state index contributed by atoms with van der Waals surface area (Å²) >= 11 is 12.0. The number of aromatic nitrogens is 2. The number of carbonyl (C=O) groups is 2. The maximum atomic E-state index is 13.2. The second-order valence-corrected chi connectivity index (χ2v) is 7.57. The van der Waals surface area contributed by atoms with Gasteiger partial charge in [0.2, 0.25) is 0 Å². The van der Waals surface area contributed by atoms with E-state index in [1.165, 1.54) is 42.9 Å². The van der Waals surface area contributed by atoms with Crippen LogP contribution in [0.1, 0.15) is 15.9 Å². The van der Waals surface area contributed by atoms with E-state index in [0.717, 1.165) is 5.56 Å². The summed E-state index contributed by atoms with van der Waals surface area (Å²) in [5.74, 6) is -2.09. The predicted octanol–water partition coefficient (Wildman–Crippen LogP) is 5.06. The van der Waals surface area contributed by atoms with E-state index in [9.17, 15) is 19.1 Å². The normalized spacial score (nSPS) is 10.9. The van der Waals surface area contributed by atoms with Gasteiger partial charge in [0, 0.05) is 36.6 Å². The fourth-order valence-corrected chi connectivity index (χ4v) is 3.66. The molecule has 0 atom stereocenters. The Labute approximate surface area is 185 Å². The molecule has 156 valence electrons. The number of phenols is 1. The first-order valence-corrected chi connectivity index (χ1v) is 9.80. The number of amides is 1. The first-order chi connectivity index (χ1) is 14.8. The molecular formula is C22H14Cl2FN3O3. The number of halogens is 3. The minimum atomic E-state index is -0.927. The predicted molar refractivity (Wildman–Crippen MR) is 116 cm³/mol. The van der Waals surface area contributed by atoms with Crippen molar-refractivity contribution >= 4 is 51.5 Å². The van der Waals surface area contributed by atoms with Crippen molar-refractivity contribution < 1.29 is 19.1 Å². The van der Waals surface area contributed by atoms with Crippen LogP contribution in [0, 0.1) is 5.82 Å². The quantitative estimate of drug-likeness (QED) is 0.324. The van der Waals surface area contributed by atoms with Crippen LogP contribution >= 0.6 is 23.2 Å². The molecule has 0 fully saturated rings. The average Bonchev–Trinajstić information content (AvgIpc) is 3.09. The third-order valence-corrected chi connectivity index (χ3v) is 5.25. The zero-order valence-corrected chi connectivity index (χ0v) is 17.3. The van der Waals surface area contributed by atoms with Crippen LogP contribution in [0.3, 0.4) is 0 Å². The van der Waals surface area contributed by atoms with Gasteiger partial charge in [0.15, 0.2) is 0 Å². The number of carbonyl (C=O) groups excluding carboxylic acids is 2. The summed E-state index contributed by atoms with van der Waals surface area (Å²) in [5, 5.41) is 13.0. The molecule has 4 rings (SSSR count). The van der Waals surface area contributed by atoms with E-state index in [1.54, 1.807) is 22.8 Å². The molecule has 9 heteroatoms. The highest BCUT2D eigenvalue weighted by Gasteiger charge is 2.23. The van der Waals surface area contributed by atoms with Gasteiger partial charge in [-0.3, -0.25) is 14.6 Å². The second-order valence-electron chi connectivity index (χ2n) is 6.76.